The Hall–Kier alpha value is -1.67. The second kappa shape index (κ2) is 13.8. The van der Waals surface area contributed by atoms with Crippen LogP contribution in [-0.2, 0) is 15.7 Å². The summed E-state index contributed by atoms with van der Waals surface area (Å²) >= 11 is 0.596. The molecule has 4 rings (SSSR count). The minimum Gasteiger partial charge on any atom is -0.394 e. The number of halogens is 5. The Morgan fingerprint density at radius 2 is 1.94 bits per heavy atom. The van der Waals surface area contributed by atoms with Crippen molar-refractivity contribution >= 4 is 58.4 Å². The fraction of sp³-hybridized carbons (Fsp3) is 0.545. The van der Waals surface area contributed by atoms with Gasteiger partial charge in [-0.3, -0.25) is 4.90 Å². The number of piperazine rings is 1. The number of fused-ring (bicyclic) bond motifs is 2. The maximum absolute atomic E-state index is 13.5. The van der Waals surface area contributed by atoms with Crippen molar-refractivity contribution in [3.8, 4) is 0 Å². The van der Waals surface area contributed by atoms with E-state index in [4.69, 9.17) is 19.6 Å². The molecule has 1 aromatic heterocycles. The number of ether oxygens (including phenoxy) is 2. The zero-order valence-corrected chi connectivity index (χ0v) is 22.1. The second-order valence-electron chi connectivity index (χ2n) is 8.03. The molecule has 2 aliphatic heterocycles. The molecule has 0 saturated carbocycles. The molecule has 202 valence electrons. The van der Waals surface area contributed by atoms with Gasteiger partial charge in [-0.15, -0.1) is 24.8 Å². The van der Waals surface area contributed by atoms with Crippen LogP contribution in [0.25, 0.3) is 0 Å². The summed E-state index contributed by atoms with van der Waals surface area (Å²) in [6.07, 6.45) is -3.77. The molecule has 2 N–H and O–H groups in total. The maximum atomic E-state index is 13.5. The van der Waals surface area contributed by atoms with Gasteiger partial charge in [0.2, 0.25) is 5.01 Å². The number of benzene rings is 1. The number of nitrogens with zero attached hydrogens (tertiary/aromatic N) is 4. The maximum Gasteiger partial charge on any atom is 0.443 e. The third kappa shape index (κ3) is 7.21. The highest BCUT2D eigenvalue weighted by Gasteiger charge is 2.39. The van der Waals surface area contributed by atoms with Crippen molar-refractivity contribution in [1.29, 1.82) is 0 Å². The van der Waals surface area contributed by atoms with Crippen LogP contribution in [0.2, 0.25) is 0 Å². The normalized spacial score (nSPS) is 17.6. The first-order chi connectivity index (χ1) is 16.4. The monoisotopic (exact) mass is 571 g/mol. The van der Waals surface area contributed by atoms with Crippen molar-refractivity contribution in [3.05, 3.63) is 35.0 Å². The van der Waals surface area contributed by atoms with Crippen LogP contribution in [0.3, 0.4) is 0 Å². The van der Waals surface area contributed by atoms with Gasteiger partial charge in [0.1, 0.15) is 10.7 Å². The molecular formula is C22H30Cl2F3N5O3S. The van der Waals surface area contributed by atoms with Gasteiger partial charge in [-0.1, -0.05) is 23.5 Å². The predicted octanol–water partition coefficient (Wildman–Crippen LogP) is 4.17. The van der Waals surface area contributed by atoms with E-state index in [-0.39, 0.29) is 43.2 Å². The SMILES string of the molecule is COCC[C@H]1CN(C2=Nc3ccccc3Nc3sc(C(F)(F)F)nc32)CCN1CCOCCO.Cl.Cl. The molecule has 0 bridgehead atoms. The van der Waals surface area contributed by atoms with Gasteiger partial charge in [-0.25, -0.2) is 9.98 Å². The van der Waals surface area contributed by atoms with Crippen LogP contribution in [0.4, 0.5) is 29.5 Å². The Kier molecular flexibility index (Phi) is 11.7. The third-order valence-electron chi connectivity index (χ3n) is 5.78. The first-order valence-electron chi connectivity index (χ1n) is 11.1. The molecule has 2 aliphatic rings. The van der Waals surface area contributed by atoms with Gasteiger partial charge in [-0.2, -0.15) is 13.2 Å². The summed E-state index contributed by atoms with van der Waals surface area (Å²) in [5.74, 6) is 0.442. The molecule has 0 aliphatic carbocycles. The summed E-state index contributed by atoms with van der Waals surface area (Å²) in [5, 5.41) is 11.5. The molecule has 0 unspecified atom stereocenters. The number of rotatable bonds is 8. The largest absolute Gasteiger partial charge is 0.443 e. The van der Waals surface area contributed by atoms with Crippen molar-refractivity contribution < 1.29 is 27.8 Å². The number of aliphatic hydroxyl groups is 1. The fourth-order valence-corrected chi connectivity index (χ4v) is 4.96. The van der Waals surface area contributed by atoms with Crippen LogP contribution < -0.4 is 5.32 Å². The van der Waals surface area contributed by atoms with E-state index >= 15 is 0 Å². The fourth-order valence-electron chi connectivity index (χ4n) is 4.12. The number of aliphatic hydroxyl groups excluding tert-OH is 1. The minimum atomic E-state index is -4.53. The number of nitrogens with one attached hydrogen (secondary N) is 1. The number of anilines is 2. The molecule has 1 saturated heterocycles. The van der Waals surface area contributed by atoms with E-state index in [1.54, 1.807) is 13.2 Å². The molecule has 1 aromatic carbocycles. The first-order valence-corrected chi connectivity index (χ1v) is 11.9. The lowest BCUT2D eigenvalue weighted by atomic mass is 10.1. The molecule has 8 nitrogen and oxygen atoms in total. The number of hydrogen-bond acceptors (Lipinski definition) is 9. The quantitative estimate of drug-likeness (QED) is 0.460. The number of hydrogen-bond donors (Lipinski definition) is 2. The third-order valence-corrected chi connectivity index (χ3v) is 6.79. The highest BCUT2D eigenvalue weighted by Crippen LogP contribution is 2.42. The second-order valence-corrected chi connectivity index (χ2v) is 9.02. The number of alkyl halides is 3. The molecule has 1 fully saturated rings. The lowest BCUT2D eigenvalue weighted by Gasteiger charge is -2.42. The molecule has 2 aromatic rings. The summed E-state index contributed by atoms with van der Waals surface area (Å²) in [6, 6.07) is 7.40. The number of methoxy groups -OCH3 is 1. The minimum absolute atomic E-state index is 0. The van der Waals surface area contributed by atoms with Gasteiger partial charge in [0.15, 0.2) is 5.84 Å². The average molecular weight is 572 g/mol. The van der Waals surface area contributed by atoms with E-state index in [9.17, 15) is 13.2 Å². The van der Waals surface area contributed by atoms with E-state index in [0.29, 0.717) is 79.5 Å². The summed E-state index contributed by atoms with van der Waals surface area (Å²) in [5.41, 5.74) is 1.52. The highest BCUT2D eigenvalue weighted by atomic mass is 35.5. The number of amidine groups is 1. The summed E-state index contributed by atoms with van der Waals surface area (Å²) < 4.78 is 51.2. The Morgan fingerprint density at radius 1 is 1.17 bits per heavy atom. The molecule has 3 heterocycles. The number of aromatic nitrogens is 1. The van der Waals surface area contributed by atoms with Gasteiger partial charge in [0, 0.05) is 45.9 Å². The van der Waals surface area contributed by atoms with Gasteiger partial charge in [0.25, 0.3) is 0 Å². The van der Waals surface area contributed by atoms with Crippen LogP contribution in [0.1, 0.15) is 17.1 Å². The lowest BCUT2D eigenvalue weighted by molar-refractivity contribution is -0.137. The molecule has 0 radical (unpaired) electrons. The van der Waals surface area contributed by atoms with E-state index in [0.717, 1.165) is 6.42 Å². The van der Waals surface area contributed by atoms with Crippen molar-refractivity contribution in [2.45, 2.75) is 18.6 Å². The van der Waals surface area contributed by atoms with Crippen LogP contribution in [0.5, 0.6) is 0 Å². The van der Waals surface area contributed by atoms with Gasteiger partial charge in [0.05, 0.1) is 31.2 Å². The van der Waals surface area contributed by atoms with Crippen LogP contribution >= 0.6 is 36.2 Å². The molecule has 0 spiro atoms. The smallest absolute Gasteiger partial charge is 0.394 e. The Labute approximate surface area is 224 Å². The van der Waals surface area contributed by atoms with E-state index in [1.165, 1.54) is 0 Å². The first kappa shape index (κ1) is 30.6. The number of thiazole rings is 1. The van der Waals surface area contributed by atoms with Crippen molar-refractivity contribution in [3.63, 3.8) is 0 Å². The summed E-state index contributed by atoms with van der Waals surface area (Å²) in [4.78, 5) is 13.1. The van der Waals surface area contributed by atoms with Crippen LogP contribution in [-0.4, -0.2) is 91.5 Å². The van der Waals surface area contributed by atoms with Crippen molar-refractivity contribution in [2.75, 3.05) is 65.0 Å². The average Bonchev–Trinajstić information content (AvgIpc) is 3.18. The number of aliphatic imine (C=N–C) groups is 1. The van der Waals surface area contributed by atoms with Crippen LogP contribution in [0.15, 0.2) is 29.3 Å². The van der Waals surface area contributed by atoms with Gasteiger partial charge in [-0.05, 0) is 18.6 Å². The Balaban J connectivity index is 0.00000228. The summed E-state index contributed by atoms with van der Waals surface area (Å²) in [6.45, 7) is 3.87. The van der Waals surface area contributed by atoms with Crippen LogP contribution in [0, 0.1) is 0 Å². The predicted molar refractivity (Wildman–Crippen MR) is 139 cm³/mol. The van der Waals surface area contributed by atoms with E-state index in [1.807, 2.05) is 23.1 Å². The molecule has 1 atom stereocenters. The number of para-hydroxylation sites is 2. The van der Waals surface area contributed by atoms with Gasteiger partial charge < -0.3 is 24.8 Å². The Bertz CT molecular complexity index is 1010. The zero-order valence-electron chi connectivity index (χ0n) is 19.7. The van der Waals surface area contributed by atoms with Crippen molar-refractivity contribution in [1.82, 2.24) is 14.8 Å². The molecular weight excluding hydrogens is 542 g/mol. The zero-order chi connectivity index (χ0) is 24.1. The summed E-state index contributed by atoms with van der Waals surface area (Å²) in [7, 11) is 1.65. The molecule has 14 heteroatoms. The lowest BCUT2D eigenvalue weighted by Crippen LogP contribution is -2.56. The molecule has 0 amide bonds. The molecule has 36 heavy (non-hydrogen) atoms. The van der Waals surface area contributed by atoms with E-state index in [2.05, 4.69) is 15.2 Å². The standard InChI is InChI=1S/C22H28F3N5O3S.2ClH/c1-32-11-6-15-14-30(8-7-29(15)9-12-33-13-10-31)19-18-20(34-21(28-18)22(23,24)25)27-17-5-3-2-4-16(17)26-19;;/h2-5,15,27,31H,6-14H2,1H3;2*1H/t15-;;/m0../s1. The topological polar surface area (TPSA) is 82.5 Å². The van der Waals surface area contributed by atoms with Crippen molar-refractivity contribution in [2.24, 2.45) is 4.99 Å². The van der Waals surface area contributed by atoms with Gasteiger partial charge >= 0.3 is 6.18 Å². The highest BCUT2D eigenvalue weighted by molar-refractivity contribution is 7.16. The van der Waals surface area contributed by atoms with E-state index < -0.39 is 11.2 Å². The Morgan fingerprint density at radius 3 is 2.67 bits per heavy atom.